The number of aryl methyl sites for hydroxylation is 1. The minimum absolute atomic E-state index is 0.119. The second-order valence-corrected chi connectivity index (χ2v) is 10.5. The highest BCUT2D eigenvalue weighted by atomic mass is 31.0. The van der Waals surface area contributed by atoms with Gasteiger partial charge < -0.3 is 11.1 Å². The Morgan fingerprint density at radius 3 is 2.24 bits per heavy atom. The van der Waals surface area contributed by atoms with E-state index < -0.39 is 0 Å². The third kappa shape index (κ3) is 6.47. The van der Waals surface area contributed by atoms with Crippen molar-refractivity contribution in [3.63, 3.8) is 0 Å². The van der Waals surface area contributed by atoms with E-state index in [0.29, 0.717) is 11.3 Å². The number of carbonyl (C=O) groups excluding carboxylic acids is 1. The molecule has 0 radical (unpaired) electrons. The molecule has 0 aromatic heterocycles. The average Bonchev–Trinajstić information content (AvgIpc) is 2.79. The number of allylic oxidation sites excluding steroid dienone is 3. The normalized spacial score (nSPS) is 14.6. The van der Waals surface area contributed by atoms with Gasteiger partial charge in [-0.1, -0.05) is 43.3 Å². The second kappa shape index (κ2) is 12.0. The first-order chi connectivity index (χ1) is 16.2. The zero-order valence-corrected chi connectivity index (χ0v) is 23.1. The number of nitrogens with one attached hydrogen (secondary N) is 1. The van der Waals surface area contributed by atoms with Crippen molar-refractivity contribution in [3.05, 3.63) is 82.1 Å². The Kier molecular flexibility index (Phi) is 9.29. The summed E-state index contributed by atoms with van der Waals surface area (Å²) < 4.78 is 0. The molecule has 0 heterocycles. The summed E-state index contributed by atoms with van der Waals surface area (Å²) in [6, 6.07) is 12.8. The summed E-state index contributed by atoms with van der Waals surface area (Å²) in [6.07, 6.45) is 7.09. The highest BCUT2D eigenvalue weighted by molar-refractivity contribution is 7.29. The van der Waals surface area contributed by atoms with Crippen LogP contribution < -0.4 is 21.7 Å². The summed E-state index contributed by atoms with van der Waals surface area (Å²) in [5.74, 6) is -0.119. The van der Waals surface area contributed by atoms with Crippen LogP contribution in [0.15, 0.2) is 65.4 Å². The predicted molar refractivity (Wildman–Crippen MR) is 155 cm³/mol. The number of hydrogen-bond acceptors (Lipinski definition) is 2. The van der Waals surface area contributed by atoms with E-state index in [2.05, 4.69) is 68.5 Å². The van der Waals surface area contributed by atoms with Gasteiger partial charge in [-0.3, -0.25) is 4.79 Å². The van der Waals surface area contributed by atoms with Crippen molar-refractivity contribution in [2.24, 2.45) is 5.73 Å². The molecule has 5 heteroatoms. The van der Waals surface area contributed by atoms with Crippen molar-refractivity contribution in [1.82, 2.24) is 0 Å². The van der Waals surface area contributed by atoms with Gasteiger partial charge in [0.15, 0.2) is 0 Å². The molecule has 2 aromatic carbocycles. The monoisotopic (exact) mass is 492 g/mol. The molecule has 180 valence electrons. The molecule has 0 bridgehead atoms. The van der Waals surface area contributed by atoms with Crippen LogP contribution in [0.3, 0.4) is 0 Å². The van der Waals surface area contributed by atoms with Gasteiger partial charge in [0.1, 0.15) is 0 Å². The van der Waals surface area contributed by atoms with Gasteiger partial charge in [0, 0.05) is 11.4 Å². The molecule has 0 saturated heterocycles. The van der Waals surface area contributed by atoms with Crippen LogP contribution in [0.25, 0.3) is 5.57 Å². The van der Waals surface area contributed by atoms with Crippen molar-refractivity contribution in [2.45, 2.75) is 65.7 Å². The molecule has 0 aliphatic heterocycles. The molecule has 2 aromatic rings. The van der Waals surface area contributed by atoms with Gasteiger partial charge in [-0.05, 0) is 109 Å². The standard InChI is InChI=1S/C29H38N2OP2/c1-5-18(2)22-13-10-21(11-14-22)12-15-25-26(33)16-23(17-27(25)34)31-29(32)28(20(4)30)24-9-7-6-8-19(24)3/h10-11,13-14,16-17H,2,5-9,12,15,30,33-34H2,1,3-4H3,(H,31,32)/b28-20-. The maximum atomic E-state index is 13.2. The Morgan fingerprint density at radius 1 is 1.06 bits per heavy atom. The van der Waals surface area contributed by atoms with E-state index in [1.54, 1.807) is 0 Å². The van der Waals surface area contributed by atoms with Gasteiger partial charge in [-0.15, -0.1) is 18.5 Å². The SMILES string of the molecule is C=C(CC)c1ccc(CCc2c(P)cc(NC(=O)/C(C3=C(C)CCCC3)=C(/C)N)cc2P)cc1. The van der Waals surface area contributed by atoms with Gasteiger partial charge in [-0.25, -0.2) is 0 Å². The number of nitrogens with two attached hydrogens (primary N) is 1. The van der Waals surface area contributed by atoms with Crippen molar-refractivity contribution >= 4 is 46.3 Å². The minimum Gasteiger partial charge on any atom is -0.402 e. The van der Waals surface area contributed by atoms with Crippen LogP contribution in [0, 0.1) is 0 Å². The lowest BCUT2D eigenvalue weighted by molar-refractivity contribution is -0.112. The first-order valence-electron chi connectivity index (χ1n) is 12.1. The number of carbonyl (C=O) groups is 1. The van der Waals surface area contributed by atoms with Gasteiger partial charge >= 0.3 is 0 Å². The average molecular weight is 493 g/mol. The Morgan fingerprint density at radius 2 is 1.68 bits per heavy atom. The lowest BCUT2D eigenvalue weighted by Crippen LogP contribution is -2.23. The Labute approximate surface area is 209 Å². The molecule has 3 N–H and O–H groups in total. The van der Waals surface area contributed by atoms with Crippen LogP contribution in [-0.4, -0.2) is 5.91 Å². The van der Waals surface area contributed by atoms with Crippen LogP contribution in [0.1, 0.15) is 69.6 Å². The predicted octanol–water partition coefficient (Wildman–Crippen LogP) is 5.96. The van der Waals surface area contributed by atoms with Crippen molar-refractivity contribution in [1.29, 1.82) is 0 Å². The summed E-state index contributed by atoms with van der Waals surface area (Å²) in [5, 5.41) is 5.30. The molecular weight excluding hydrogens is 454 g/mol. The highest BCUT2D eigenvalue weighted by Gasteiger charge is 2.21. The summed E-state index contributed by atoms with van der Waals surface area (Å²) in [7, 11) is 5.67. The molecule has 3 rings (SSSR count). The van der Waals surface area contributed by atoms with Crippen molar-refractivity contribution in [3.8, 4) is 0 Å². The highest BCUT2D eigenvalue weighted by Crippen LogP contribution is 2.31. The van der Waals surface area contributed by atoms with Gasteiger partial charge in [0.2, 0.25) is 0 Å². The minimum atomic E-state index is -0.119. The fourth-order valence-electron chi connectivity index (χ4n) is 4.60. The Hall–Kier alpha value is -2.21. The quantitative estimate of drug-likeness (QED) is 0.353. The molecule has 2 atom stereocenters. The molecule has 1 aliphatic rings. The summed E-state index contributed by atoms with van der Waals surface area (Å²) in [6.45, 7) is 10.2. The smallest absolute Gasteiger partial charge is 0.257 e. The maximum absolute atomic E-state index is 13.2. The zero-order valence-electron chi connectivity index (χ0n) is 20.8. The molecule has 1 aliphatic carbocycles. The Bertz CT molecular complexity index is 1120. The zero-order chi connectivity index (χ0) is 24.8. The molecule has 0 fully saturated rings. The van der Waals surface area contributed by atoms with E-state index >= 15 is 0 Å². The number of anilines is 1. The number of amides is 1. The van der Waals surface area contributed by atoms with Crippen LogP contribution in [0.4, 0.5) is 5.69 Å². The van der Waals surface area contributed by atoms with Crippen LogP contribution >= 0.6 is 18.5 Å². The van der Waals surface area contributed by atoms with E-state index in [1.165, 1.54) is 34.3 Å². The van der Waals surface area contributed by atoms with Gasteiger partial charge in [0.05, 0.1) is 5.57 Å². The molecule has 34 heavy (non-hydrogen) atoms. The van der Waals surface area contributed by atoms with E-state index in [-0.39, 0.29) is 5.91 Å². The molecule has 0 saturated carbocycles. The first-order valence-corrected chi connectivity index (χ1v) is 13.3. The van der Waals surface area contributed by atoms with Gasteiger partial charge in [0.25, 0.3) is 5.91 Å². The fourth-order valence-corrected chi connectivity index (χ4v) is 5.75. The van der Waals surface area contributed by atoms with Crippen LogP contribution in [0.2, 0.25) is 0 Å². The largest absolute Gasteiger partial charge is 0.402 e. The maximum Gasteiger partial charge on any atom is 0.257 e. The van der Waals surface area contributed by atoms with Crippen LogP contribution in [0.5, 0.6) is 0 Å². The lowest BCUT2D eigenvalue weighted by atomic mass is 9.87. The van der Waals surface area contributed by atoms with Gasteiger partial charge in [-0.2, -0.15) is 0 Å². The lowest BCUT2D eigenvalue weighted by Gasteiger charge is -2.21. The van der Waals surface area contributed by atoms with Crippen LogP contribution in [-0.2, 0) is 17.6 Å². The van der Waals surface area contributed by atoms with E-state index in [0.717, 1.165) is 60.4 Å². The summed E-state index contributed by atoms with van der Waals surface area (Å²) in [5.41, 5.74) is 15.5. The molecule has 2 unspecified atom stereocenters. The molecule has 0 spiro atoms. The third-order valence-corrected chi connectivity index (χ3v) is 7.73. The van der Waals surface area contributed by atoms with E-state index in [9.17, 15) is 4.79 Å². The molecule has 1 amide bonds. The number of hydrogen-bond donors (Lipinski definition) is 2. The molecule has 3 nitrogen and oxygen atoms in total. The first kappa shape index (κ1) is 26.4. The number of rotatable bonds is 8. The molecular formula is C29H38N2OP2. The topological polar surface area (TPSA) is 55.1 Å². The summed E-state index contributed by atoms with van der Waals surface area (Å²) in [4.78, 5) is 13.2. The Balaban J connectivity index is 1.73. The van der Waals surface area contributed by atoms with Crippen molar-refractivity contribution in [2.75, 3.05) is 5.32 Å². The summed E-state index contributed by atoms with van der Waals surface area (Å²) >= 11 is 0. The fraction of sp³-hybridized carbons (Fsp3) is 0.345. The van der Waals surface area contributed by atoms with Crippen molar-refractivity contribution < 1.29 is 4.79 Å². The van der Waals surface area contributed by atoms with E-state index in [4.69, 9.17) is 5.73 Å². The third-order valence-electron chi connectivity index (χ3n) is 6.70. The second-order valence-electron chi connectivity index (χ2n) is 9.27. The van der Waals surface area contributed by atoms with E-state index in [1.807, 2.05) is 19.1 Å². The number of benzene rings is 2.